The molecular formula is C18H21ClF3N3O. The minimum Gasteiger partial charge on any atom is -0.338 e. The number of aromatic nitrogens is 2. The summed E-state index contributed by atoms with van der Waals surface area (Å²) in [5.41, 5.74) is 5.12. The van der Waals surface area contributed by atoms with Crippen molar-refractivity contribution in [3.05, 3.63) is 47.1 Å². The van der Waals surface area contributed by atoms with Gasteiger partial charge in [-0.25, -0.2) is 0 Å². The Kier molecular flexibility index (Phi) is 4.82. The summed E-state index contributed by atoms with van der Waals surface area (Å²) in [6.45, 7) is 0. The molecule has 0 unspecified atom stereocenters. The Morgan fingerprint density at radius 2 is 1.73 bits per heavy atom. The molecule has 2 fully saturated rings. The van der Waals surface area contributed by atoms with Gasteiger partial charge in [0.1, 0.15) is 0 Å². The molecular weight excluding hydrogens is 367 g/mol. The summed E-state index contributed by atoms with van der Waals surface area (Å²) >= 11 is 0. The number of nitrogens with zero attached hydrogens (tertiary/aromatic N) is 2. The molecule has 1 aromatic carbocycles. The average Bonchev–Trinajstić information content (AvgIpc) is 3.16. The predicted molar refractivity (Wildman–Crippen MR) is 92.0 cm³/mol. The zero-order valence-corrected chi connectivity index (χ0v) is 15.0. The predicted octanol–water partition coefficient (Wildman–Crippen LogP) is 4.71. The van der Waals surface area contributed by atoms with E-state index in [9.17, 15) is 13.2 Å². The lowest BCUT2D eigenvalue weighted by molar-refractivity contribution is -0.137. The highest BCUT2D eigenvalue weighted by Gasteiger charge is 2.47. The third-order valence-electron chi connectivity index (χ3n) is 5.73. The molecule has 0 bridgehead atoms. The Labute approximate surface area is 155 Å². The van der Waals surface area contributed by atoms with Gasteiger partial charge in [-0.2, -0.15) is 18.2 Å². The van der Waals surface area contributed by atoms with Crippen molar-refractivity contribution in [3.8, 4) is 0 Å². The van der Waals surface area contributed by atoms with Crippen molar-refractivity contribution in [2.24, 2.45) is 5.73 Å². The lowest BCUT2D eigenvalue weighted by Gasteiger charge is -2.39. The van der Waals surface area contributed by atoms with E-state index in [0.29, 0.717) is 30.1 Å². The van der Waals surface area contributed by atoms with Gasteiger partial charge in [0.25, 0.3) is 0 Å². The van der Waals surface area contributed by atoms with Crippen molar-refractivity contribution in [1.82, 2.24) is 10.1 Å². The first-order chi connectivity index (χ1) is 11.8. The van der Waals surface area contributed by atoms with Crippen LogP contribution in [0.1, 0.15) is 67.8 Å². The van der Waals surface area contributed by atoms with E-state index in [0.717, 1.165) is 38.2 Å². The maximum atomic E-state index is 13.1. The van der Waals surface area contributed by atoms with Gasteiger partial charge in [-0.3, -0.25) is 0 Å². The average molecular weight is 388 g/mol. The maximum Gasteiger partial charge on any atom is 0.416 e. The molecule has 26 heavy (non-hydrogen) atoms. The summed E-state index contributed by atoms with van der Waals surface area (Å²) in [5, 5.41) is 4.08. The van der Waals surface area contributed by atoms with E-state index in [-0.39, 0.29) is 12.4 Å². The molecule has 142 valence electrons. The molecule has 2 aliphatic carbocycles. The summed E-state index contributed by atoms with van der Waals surface area (Å²) in [5.74, 6) is 0.878. The summed E-state index contributed by atoms with van der Waals surface area (Å²) in [4.78, 5) is 4.54. The quantitative estimate of drug-likeness (QED) is 0.828. The molecule has 0 radical (unpaired) electrons. The van der Waals surface area contributed by atoms with E-state index in [2.05, 4.69) is 10.1 Å². The van der Waals surface area contributed by atoms with E-state index in [1.165, 1.54) is 12.1 Å². The van der Waals surface area contributed by atoms with Gasteiger partial charge in [-0.15, -0.1) is 12.4 Å². The van der Waals surface area contributed by atoms with Gasteiger partial charge in [-0.05, 0) is 37.3 Å². The third kappa shape index (κ3) is 3.01. The Bertz CT molecular complexity index is 780. The molecule has 0 aliphatic heterocycles. The van der Waals surface area contributed by atoms with Crippen molar-refractivity contribution in [3.63, 3.8) is 0 Å². The van der Waals surface area contributed by atoms with Gasteiger partial charge in [0.05, 0.1) is 16.5 Å². The zero-order valence-electron chi connectivity index (χ0n) is 14.2. The van der Waals surface area contributed by atoms with Gasteiger partial charge in [0, 0.05) is 0 Å². The molecule has 1 heterocycles. The molecule has 2 aromatic rings. The Morgan fingerprint density at radius 1 is 1.04 bits per heavy atom. The smallest absolute Gasteiger partial charge is 0.338 e. The molecule has 0 atom stereocenters. The van der Waals surface area contributed by atoms with E-state index in [1.54, 1.807) is 6.07 Å². The van der Waals surface area contributed by atoms with Crippen LogP contribution in [-0.2, 0) is 17.1 Å². The first-order valence-electron chi connectivity index (χ1n) is 8.65. The molecule has 0 spiro atoms. The Balaban J connectivity index is 0.00000196. The highest BCUT2D eigenvalue weighted by atomic mass is 35.5. The SMILES string of the molecule is Cl.NC1(c2noc(C3(c4cccc(C(F)(F)F)c4)CCC3)n2)CCCC1. The third-order valence-corrected chi connectivity index (χ3v) is 5.73. The number of nitrogens with two attached hydrogens (primary N) is 1. The van der Waals surface area contributed by atoms with E-state index in [4.69, 9.17) is 10.3 Å². The number of alkyl halides is 3. The second kappa shape index (κ2) is 6.53. The van der Waals surface area contributed by atoms with Crippen LogP contribution in [0.15, 0.2) is 28.8 Å². The topological polar surface area (TPSA) is 64.9 Å². The number of hydrogen-bond donors (Lipinski definition) is 1. The lowest BCUT2D eigenvalue weighted by atomic mass is 9.64. The van der Waals surface area contributed by atoms with Crippen LogP contribution in [-0.4, -0.2) is 10.1 Å². The fourth-order valence-electron chi connectivity index (χ4n) is 4.00. The summed E-state index contributed by atoms with van der Waals surface area (Å²) in [6, 6.07) is 5.45. The van der Waals surface area contributed by atoms with Crippen molar-refractivity contribution < 1.29 is 17.7 Å². The molecule has 2 N–H and O–H groups in total. The van der Waals surface area contributed by atoms with Gasteiger partial charge < -0.3 is 10.3 Å². The molecule has 0 amide bonds. The van der Waals surface area contributed by atoms with Crippen molar-refractivity contribution >= 4 is 12.4 Å². The zero-order chi connectivity index (χ0) is 17.7. The molecule has 4 nitrogen and oxygen atoms in total. The molecule has 0 saturated heterocycles. The minimum atomic E-state index is -4.37. The van der Waals surface area contributed by atoms with Gasteiger partial charge in [-0.1, -0.05) is 42.6 Å². The first-order valence-corrected chi connectivity index (χ1v) is 8.65. The number of halogens is 4. The maximum absolute atomic E-state index is 13.1. The molecule has 8 heteroatoms. The molecule has 1 aromatic heterocycles. The number of hydrogen-bond acceptors (Lipinski definition) is 4. The van der Waals surface area contributed by atoms with Crippen LogP contribution in [0.2, 0.25) is 0 Å². The van der Waals surface area contributed by atoms with Crippen LogP contribution in [0.4, 0.5) is 13.2 Å². The van der Waals surface area contributed by atoms with Crippen LogP contribution in [0.5, 0.6) is 0 Å². The molecule has 2 aliphatic rings. The largest absolute Gasteiger partial charge is 0.416 e. The lowest BCUT2D eigenvalue weighted by Crippen LogP contribution is -2.37. The highest BCUT2D eigenvalue weighted by Crippen LogP contribution is 2.49. The number of rotatable bonds is 3. The van der Waals surface area contributed by atoms with Crippen LogP contribution < -0.4 is 5.73 Å². The second-order valence-corrected chi connectivity index (χ2v) is 7.30. The summed E-state index contributed by atoms with van der Waals surface area (Å²) < 4.78 is 44.7. The normalized spacial score (nSPS) is 21.1. The van der Waals surface area contributed by atoms with E-state index < -0.39 is 22.7 Å². The van der Waals surface area contributed by atoms with Gasteiger partial charge in [0.2, 0.25) is 5.89 Å². The van der Waals surface area contributed by atoms with Crippen LogP contribution in [0, 0.1) is 0 Å². The highest BCUT2D eigenvalue weighted by molar-refractivity contribution is 5.85. The monoisotopic (exact) mass is 387 g/mol. The standard InChI is InChI=1S/C18H20F3N3O.ClH/c19-18(20,21)13-6-3-5-12(11-13)16(7-4-8-16)15-23-14(24-25-15)17(22)9-1-2-10-17;/h3,5-6,11H,1-2,4,7-10,22H2;1H. The minimum absolute atomic E-state index is 0. The van der Waals surface area contributed by atoms with Crippen LogP contribution in [0.25, 0.3) is 0 Å². The summed E-state index contributed by atoms with van der Waals surface area (Å²) in [6.07, 6.45) is 1.62. The second-order valence-electron chi connectivity index (χ2n) is 7.30. The molecule has 4 rings (SSSR count). The Morgan fingerprint density at radius 3 is 2.31 bits per heavy atom. The van der Waals surface area contributed by atoms with Crippen molar-refractivity contribution in [2.45, 2.75) is 62.1 Å². The fraction of sp³-hybridized carbons (Fsp3) is 0.556. The van der Waals surface area contributed by atoms with Crippen molar-refractivity contribution in [2.75, 3.05) is 0 Å². The summed E-state index contributed by atoms with van der Waals surface area (Å²) in [7, 11) is 0. The molecule has 2 saturated carbocycles. The first kappa shape index (κ1) is 19.2. The Hall–Kier alpha value is -1.60. The van der Waals surface area contributed by atoms with Crippen molar-refractivity contribution in [1.29, 1.82) is 0 Å². The van der Waals surface area contributed by atoms with E-state index >= 15 is 0 Å². The van der Waals surface area contributed by atoms with Gasteiger partial charge in [0.15, 0.2) is 5.82 Å². The van der Waals surface area contributed by atoms with E-state index in [1.807, 2.05) is 0 Å². The van der Waals surface area contributed by atoms with Gasteiger partial charge >= 0.3 is 6.18 Å². The van der Waals surface area contributed by atoms with Crippen LogP contribution >= 0.6 is 12.4 Å². The van der Waals surface area contributed by atoms with Crippen LogP contribution in [0.3, 0.4) is 0 Å². The fourth-order valence-corrected chi connectivity index (χ4v) is 4.00. The number of benzene rings is 1.